The molecular weight excluding hydrogens is 424 g/mol. The number of allylic oxidation sites excluding steroid dienone is 6. The van der Waals surface area contributed by atoms with Crippen molar-refractivity contribution in [3.63, 3.8) is 0 Å². The Hall–Kier alpha value is -2.80. The normalized spacial score (nSPS) is 10.5. The maximum atomic E-state index is 10.3. The van der Waals surface area contributed by atoms with Crippen LogP contribution < -0.4 is 0 Å². The molecule has 0 rings (SSSR count). The molecule has 0 amide bonds. The van der Waals surface area contributed by atoms with Crippen LogP contribution in [-0.2, 0) is 28.8 Å². The van der Waals surface area contributed by atoms with Crippen LogP contribution in [0.3, 0.4) is 0 Å². The van der Waals surface area contributed by atoms with Gasteiger partial charge in [0.15, 0.2) is 0 Å². The molecule has 0 aromatic rings. The van der Waals surface area contributed by atoms with E-state index >= 15 is 0 Å². The molecule has 0 spiro atoms. The van der Waals surface area contributed by atoms with Gasteiger partial charge in [0.25, 0.3) is 0 Å². The van der Waals surface area contributed by atoms with Crippen LogP contribution in [0.4, 0.5) is 0 Å². The van der Waals surface area contributed by atoms with Crippen LogP contribution in [0.2, 0.25) is 0 Å². The van der Waals surface area contributed by atoms with Gasteiger partial charge in [-0.1, -0.05) is 45.4 Å². The predicted molar refractivity (Wildman–Crippen MR) is 136 cm³/mol. The number of hydrogen-bond acceptors (Lipinski definition) is 7. The standard InChI is InChI=1S/C8H16O2.C4H8O.3C4H6O.C2H4O/c1-3-5-8(10)7(4-2)6-9;4*1-2-3-4-5;1-2-3/h6-8,10H,3-5H2,1-2H3;4H,2-3H2,1H3;3*2-4H,1H3;2H,1H3/b;;3*3-2+;. The van der Waals surface area contributed by atoms with Crippen molar-refractivity contribution in [2.24, 2.45) is 5.92 Å². The summed E-state index contributed by atoms with van der Waals surface area (Å²) in [7, 11) is 0. The number of unbranched alkanes of at least 4 members (excludes halogenated alkanes) is 1. The summed E-state index contributed by atoms with van der Waals surface area (Å²) in [5, 5.41) is 9.28. The first kappa shape index (κ1) is 44.0. The van der Waals surface area contributed by atoms with E-state index in [-0.39, 0.29) is 5.92 Å². The van der Waals surface area contributed by atoms with Crippen molar-refractivity contribution in [3.8, 4) is 0 Å². The summed E-state index contributed by atoms with van der Waals surface area (Å²) in [6, 6.07) is 0. The van der Waals surface area contributed by atoms with Crippen molar-refractivity contribution in [1.82, 2.24) is 0 Å². The van der Waals surface area contributed by atoms with Crippen molar-refractivity contribution in [2.75, 3.05) is 0 Å². The molecule has 0 bridgehead atoms. The molecule has 0 aliphatic heterocycles. The molecule has 1 N–H and O–H groups in total. The molecule has 2 unspecified atom stereocenters. The van der Waals surface area contributed by atoms with Gasteiger partial charge >= 0.3 is 0 Å². The van der Waals surface area contributed by atoms with Gasteiger partial charge in [-0.2, -0.15) is 0 Å². The molecule has 7 heteroatoms. The highest BCUT2D eigenvalue weighted by atomic mass is 16.3. The van der Waals surface area contributed by atoms with Gasteiger partial charge in [0, 0.05) is 12.3 Å². The molecule has 0 aliphatic rings. The van der Waals surface area contributed by atoms with E-state index in [0.717, 1.165) is 63.4 Å². The Morgan fingerprint density at radius 3 is 1.12 bits per heavy atom. The highest BCUT2D eigenvalue weighted by molar-refractivity contribution is 5.64. The summed E-state index contributed by atoms with van der Waals surface area (Å²) >= 11 is 0. The number of aliphatic hydroxyl groups excluding tert-OH is 1. The summed E-state index contributed by atoms with van der Waals surface area (Å²) in [6.07, 6.45) is 17.8. The van der Waals surface area contributed by atoms with E-state index < -0.39 is 6.10 Å². The van der Waals surface area contributed by atoms with E-state index in [1.54, 1.807) is 39.0 Å². The highest BCUT2D eigenvalue weighted by Gasteiger charge is 2.14. The minimum atomic E-state index is -0.424. The van der Waals surface area contributed by atoms with Crippen molar-refractivity contribution in [3.05, 3.63) is 36.5 Å². The minimum Gasteiger partial charge on any atom is -0.392 e. The summed E-state index contributed by atoms with van der Waals surface area (Å²) < 4.78 is 0. The van der Waals surface area contributed by atoms with E-state index in [1.807, 2.05) is 20.8 Å². The summed E-state index contributed by atoms with van der Waals surface area (Å²) in [6.45, 7) is 12.7. The largest absolute Gasteiger partial charge is 0.392 e. The molecule has 0 fully saturated rings. The van der Waals surface area contributed by atoms with Gasteiger partial charge in [-0.05, 0) is 65.2 Å². The Bertz CT molecular complexity index is 443. The second-order valence-electron chi connectivity index (χ2n) is 5.74. The number of carbonyl (C=O) groups excluding carboxylic acids is 6. The smallest absolute Gasteiger partial charge is 0.142 e. The van der Waals surface area contributed by atoms with Gasteiger partial charge in [0.2, 0.25) is 0 Å². The minimum absolute atomic E-state index is 0.153. The Balaban J connectivity index is -0.0000000695. The van der Waals surface area contributed by atoms with Gasteiger partial charge in [-0.25, -0.2) is 0 Å². The van der Waals surface area contributed by atoms with Crippen molar-refractivity contribution >= 4 is 37.7 Å². The first-order valence-corrected chi connectivity index (χ1v) is 11.0. The van der Waals surface area contributed by atoms with Gasteiger partial charge in [0.1, 0.15) is 37.7 Å². The van der Waals surface area contributed by atoms with Gasteiger partial charge in [-0.3, -0.25) is 14.4 Å². The Labute approximate surface area is 201 Å². The molecule has 0 saturated heterocycles. The van der Waals surface area contributed by atoms with E-state index in [0.29, 0.717) is 6.42 Å². The summed E-state index contributed by atoms with van der Waals surface area (Å²) in [5.41, 5.74) is 0. The first-order valence-electron chi connectivity index (χ1n) is 11.0. The molecule has 0 aromatic carbocycles. The molecule has 0 heterocycles. The molecular formula is C26H46O7. The third kappa shape index (κ3) is 82.3. The van der Waals surface area contributed by atoms with Crippen LogP contribution >= 0.6 is 0 Å². The zero-order valence-electron chi connectivity index (χ0n) is 21.5. The second-order valence-corrected chi connectivity index (χ2v) is 5.74. The maximum absolute atomic E-state index is 10.3. The lowest BCUT2D eigenvalue weighted by molar-refractivity contribution is -0.114. The molecule has 33 heavy (non-hydrogen) atoms. The average Bonchev–Trinajstić information content (AvgIpc) is 2.79. The molecule has 0 aliphatic carbocycles. The monoisotopic (exact) mass is 470 g/mol. The predicted octanol–water partition coefficient (Wildman–Crippen LogP) is 4.85. The molecule has 0 saturated carbocycles. The fourth-order valence-corrected chi connectivity index (χ4v) is 1.32. The lowest BCUT2D eigenvalue weighted by Crippen LogP contribution is -2.20. The van der Waals surface area contributed by atoms with E-state index in [2.05, 4.69) is 0 Å². The zero-order chi connectivity index (χ0) is 27.2. The molecule has 0 radical (unpaired) electrons. The van der Waals surface area contributed by atoms with Crippen LogP contribution in [0.5, 0.6) is 0 Å². The third-order valence-corrected chi connectivity index (χ3v) is 2.94. The summed E-state index contributed by atoms with van der Waals surface area (Å²) in [5.74, 6) is -0.153. The van der Waals surface area contributed by atoms with Crippen LogP contribution in [0, 0.1) is 5.92 Å². The number of carbonyl (C=O) groups is 6. The fourth-order valence-electron chi connectivity index (χ4n) is 1.32. The fraction of sp³-hybridized carbons (Fsp3) is 0.538. The number of rotatable bonds is 10. The van der Waals surface area contributed by atoms with Gasteiger partial charge in [0.05, 0.1) is 6.10 Å². The SMILES string of the molecule is C/C=C/C=O.C/C=C/C=O.C/C=C/C=O.CC=O.CCCC(O)C(C=O)CC.CCCC=O. The number of hydrogen-bond donors (Lipinski definition) is 1. The third-order valence-electron chi connectivity index (χ3n) is 2.94. The van der Waals surface area contributed by atoms with E-state index in [1.165, 1.54) is 25.2 Å². The van der Waals surface area contributed by atoms with E-state index in [9.17, 15) is 29.1 Å². The van der Waals surface area contributed by atoms with Gasteiger partial charge < -0.3 is 19.5 Å². The molecule has 192 valence electrons. The molecule has 2 atom stereocenters. The van der Waals surface area contributed by atoms with Crippen LogP contribution in [0.1, 0.15) is 80.6 Å². The molecule has 0 aromatic heterocycles. The van der Waals surface area contributed by atoms with Gasteiger partial charge in [-0.15, -0.1) is 0 Å². The van der Waals surface area contributed by atoms with Crippen LogP contribution in [0.15, 0.2) is 36.5 Å². The lowest BCUT2D eigenvalue weighted by Gasteiger charge is -2.13. The summed E-state index contributed by atoms with van der Waals surface area (Å²) in [4.78, 5) is 56.5. The Morgan fingerprint density at radius 2 is 1.03 bits per heavy atom. The van der Waals surface area contributed by atoms with E-state index in [4.69, 9.17) is 4.79 Å². The van der Waals surface area contributed by atoms with Crippen molar-refractivity contribution in [2.45, 2.75) is 86.7 Å². The first-order chi connectivity index (χ1) is 15.8. The van der Waals surface area contributed by atoms with Crippen LogP contribution in [-0.4, -0.2) is 48.9 Å². The maximum Gasteiger partial charge on any atom is 0.142 e. The van der Waals surface area contributed by atoms with Crippen LogP contribution in [0.25, 0.3) is 0 Å². The Kier molecular flexibility index (Phi) is 75.8. The number of aliphatic hydroxyl groups is 1. The lowest BCUT2D eigenvalue weighted by atomic mass is 9.98. The van der Waals surface area contributed by atoms with Crippen molar-refractivity contribution < 1.29 is 33.9 Å². The number of aldehydes is 6. The highest BCUT2D eigenvalue weighted by Crippen LogP contribution is 2.10. The average molecular weight is 471 g/mol. The van der Waals surface area contributed by atoms with Crippen molar-refractivity contribution in [1.29, 1.82) is 0 Å². The topological polar surface area (TPSA) is 123 Å². The second kappa shape index (κ2) is 56.9. The quantitative estimate of drug-likeness (QED) is 0.358. The zero-order valence-corrected chi connectivity index (χ0v) is 21.5. The Morgan fingerprint density at radius 1 is 0.667 bits per heavy atom. The molecule has 7 nitrogen and oxygen atoms in total.